The minimum atomic E-state index is -0.482. The van der Waals surface area contributed by atoms with Crippen LogP contribution in [0.3, 0.4) is 0 Å². The number of aryl methyl sites for hydroxylation is 1. The first-order valence-corrected chi connectivity index (χ1v) is 5.44. The molecule has 0 saturated carbocycles. The minimum Gasteiger partial charge on any atom is -0.464 e. The van der Waals surface area contributed by atoms with E-state index < -0.39 is 5.97 Å². The normalized spacial score (nSPS) is 9.89. The van der Waals surface area contributed by atoms with Crippen molar-refractivity contribution in [2.45, 2.75) is 6.92 Å². The lowest BCUT2D eigenvalue weighted by atomic mass is 10.2. The zero-order valence-corrected chi connectivity index (χ0v) is 10.2. The van der Waals surface area contributed by atoms with Gasteiger partial charge in [0.15, 0.2) is 5.69 Å². The maximum atomic E-state index is 11.3. The number of nitrogens with zero attached hydrogens (tertiary/aromatic N) is 2. The molecule has 0 aliphatic carbocycles. The lowest BCUT2D eigenvalue weighted by molar-refractivity contribution is 0.0594. The van der Waals surface area contributed by atoms with Crippen molar-refractivity contribution < 1.29 is 9.53 Å². The molecule has 1 N–H and O–H groups in total. The number of carbonyl (C=O) groups excluding carboxylic acids is 1. The number of methoxy groups -OCH3 is 1. The lowest BCUT2D eigenvalue weighted by Crippen LogP contribution is -2.07. The van der Waals surface area contributed by atoms with Crippen LogP contribution < -0.4 is 5.32 Å². The Hall–Kier alpha value is -2.43. The highest BCUT2D eigenvalue weighted by molar-refractivity contribution is 5.87. The van der Waals surface area contributed by atoms with Crippen molar-refractivity contribution in [2.24, 2.45) is 0 Å². The van der Waals surface area contributed by atoms with Gasteiger partial charge in [0, 0.05) is 11.9 Å². The highest BCUT2D eigenvalue weighted by Crippen LogP contribution is 2.13. The average Bonchev–Trinajstić information content (AvgIpc) is 2.41. The van der Waals surface area contributed by atoms with E-state index in [4.69, 9.17) is 0 Å². The molecule has 2 aromatic rings. The topological polar surface area (TPSA) is 64.1 Å². The van der Waals surface area contributed by atoms with Crippen LogP contribution in [0.2, 0.25) is 0 Å². The van der Waals surface area contributed by atoms with E-state index in [1.807, 2.05) is 31.2 Å². The Bertz CT molecular complexity index is 552. The second-order valence-electron chi connectivity index (χ2n) is 3.75. The first-order valence-electron chi connectivity index (χ1n) is 5.44. The second kappa shape index (κ2) is 5.27. The molecule has 1 aromatic heterocycles. The Morgan fingerprint density at radius 3 is 2.61 bits per heavy atom. The summed E-state index contributed by atoms with van der Waals surface area (Å²) in [5.41, 5.74) is 2.26. The fourth-order valence-electron chi connectivity index (χ4n) is 1.40. The molecule has 0 atom stereocenters. The van der Waals surface area contributed by atoms with Crippen molar-refractivity contribution in [3.63, 3.8) is 0 Å². The van der Waals surface area contributed by atoms with Gasteiger partial charge >= 0.3 is 5.97 Å². The van der Waals surface area contributed by atoms with Gasteiger partial charge in [0.1, 0.15) is 0 Å². The van der Waals surface area contributed by atoms with Crippen molar-refractivity contribution >= 4 is 17.6 Å². The smallest absolute Gasteiger partial charge is 0.356 e. The van der Waals surface area contributed by atoms with Crippen LogP contribution in [0, 0.1) is 6.92 Å². The number of aromatic nitrogens is 2. The van der Waals surface area contributed by atoms with Gasteiger partial charge in [0.05, 0.1) is 7.11 Å². The minimum absolute atomic E-state index is 0.224. The van der Waals surface area contributed by atoms with Crippen LogP contribution in [-0.2, 0) is 4.74 Å². The largest absolute Gasteiger partial charge is 0.464 e. The maximum absolute atomic E-state index is 11.3. The summed E-state index contributed by atoms with van der Waals surface area (Å²) in [5, 5.41) is 3.02. The molecule has 1 heterocycles. The fourth-order valence-corrected chi connectivity index (χ4v) is 1.40. The molecular weight excluding hydrogens is 230 g/mol. The Balaban J connectivity index is 2.19. The monoisotopic (exact) mass is 243 g/mol. The second-order valence-corrected chi connectivity index (χ2v) is 3.75. The van der Waals surface area contributed by atoms with Gasteiger partial charge in [0.2, 0.25) is 5.95 Å². The highest BCUT2D eigenvalue weighted by Gasteiger charge is 2.08. The molecule has 0 unspecified atom stereocenters. The van der Waals surface area contributed by atoms with Crippen molar-refractivity contribution in [2.75, 3.05) is 12.4 Å². The van der Waals surface area contributed by atoms with Crippen LogP contribution in [0.5, 0.6) is 0 Å². The standard InChI is InChI=1S/C13H13N3O2/c1-9-3-5-10(6-4-9)15-13-14-8-7-11(16-13)12(17)18-2/h3-8H,1-2H3,(H,14,15,16). The number of benzene rings is 1. The maximum Gasteiger partial charge on any atom is 0.356 e. The van der Waals surface area contributed by atoms with Gasteiger partial charge in [-0.2, -0.15) is 0 Å². The van der Waals surface area contributed by atoms with Crippen molar-refractivity contribution in [1.82, 2.24) is 9.97 Å². The number of anilines is 2. The van der Waals surface area contributed by atoms with Crippen LogP contribution in [0.4, 0.5) is 11.6 Å². The summed E-state index contributed by atoms with van der Waals surface area (Å²) >= 11 is 0. The number of ether oxygens (including phenoxy) is 1. The van der Waals surface area contributed by atoms with Gasteiger partial charge in [-0.3, -0.25) is 0 Å². The molecule has 0 aliphatic rings. The van der Waals surface area contributed by atoms with Crippen molar-refractivity contribution in [1.29, 1.82) is 0 Å². The molecule has 0 radical (unpaired) electrons. The van der Waals surface area contributed by atoms with Crippen LogP contribution in [0.1, 0.15) is 16.1 Å². The molecule has 5 nitrogen and oxygen atoms in total. The third-order valence-electron chi connectivity index (χ3n) is 2.36. The van der Waals surface area contributed by atoms with Crippen LogP contribution in [-0.4, -0.2) is 23.0 Å². The summed E-state index contributed by atoms with van der Waals surface area (Å²) in [4.78, 5) is 19.4. The first-order chi connectivity index (χ1) is 8.69. The quantitative estimate of drug-likeness (QED) is 0.838. The Morgan fingerprint density at radius 1 is 1.22 bits per heavy atom. The van der Waals surface area contributed by atoms with E-state index in [2.05, 4.69) is 20.0 Å². The van der Waals surface area contributed by atoms with Gasteiger partial charge < -0.3 is 10.1 Å². The molecule has 5 heteroatoms. The van der Waals surface area contributed by atoms with Crippen LogP contribution >= 0.6 is 0 Å². The summed E-state index contributed by atoms with van der Waals surface area (Å²) in [6.07, 6.45) is 1.51. The lowest BCUT2D eigenvalue weighted by Gasteiger charge is -2.05. The number of hydrogen-bond acceptors (Lipinski definition) is 5. The van der Waals surface area contributed by atoms with Gasteiger partial charge in [0.25, 0.3) is 0 Å². The van der Waals surface area contributed by atoms with Gasteiger partial charge in [-0.1, -0.05) is 17.7 Å². The summed E-state index contributed by atoms with van der Waals surface area (Å²) in [6, 6.07) is 9.30. The fraction of sp³-hybridized carbons (Fsp3) is 0.154. The zero-order chi connectivity index (χ0) is 13.0. The number of rotatable bonds is 3. The van der Waals surface area contributed by atoms with E-state index in [1.165, 1.54) is 24.9 Å². The number of nitrogens with one attached hydrogen (secondary N) is 1. The van der Waals surface area contributed by atoms with Crippen molar-refractivity contribution in [3.8, 4) is 0 Å². The predicted octanol–water partition coefficient (Wildman–Crippen LogP) is 2.32. The van der Waals surface area contributed by atoms with Gasteiger partial charge in [-0.25, -0.2) is 14.8 Å². The molecule has 1 aromatic carbocycles. The van der Waals surface area contributed by atoms with E-state index >= 15 is 0 Å². The Labute approximate surface area is 105 Å². The molecule has 0 spiro atoms. The van der Waals surface area contributed by atoms with Crippen molar-refractivity contribution in [3.05, 3.63) is 47.8 Å². The van der Waals surface area contributed by atoms with E-state index in [0.717, 1.165) is 5.69 Å². The number of carbonyl (C=O) groups is 1. The molecule has 0 amide bonds. The Morgan fingerprint density at radius 2 is 1.94 bits per heavy atom. The molecular formula is C13H13N3O2. The predicted molar refractivity (Wildman–Crippen MR) is 67.8 cm³/mol. The third-order valence-corrected chi connectivity index (χ3v) is 2.36. The van der Waals surface area contributed by atoms with E-state index in [0.29, 0.717) is 5.95 Å². The first kappa shape index (κ1) is 12.0. The summed E-state index contributed by atoms with van der Waals surface area (Å²) in [6.45, 7) is 2.01. The third kappa shape index (κ3) is 2.82. The number of esters is 1. The zero-order valence-electron chi connectivity index (χ0n) is 10.2. The molecule has 0 fully saturated rings. The molecule has 0 saturated heterocycles. The summed E-state index contributed by atoms with van der Waals surface area (Å²) < 4.78 is 4.60. The Kier molecular flexibility index (Phi) is 3.52. The summed E-state index contributed by atoms with van der Waals surface area (Å²) in [5.74, 6) is -0.119. The van der Waals surface area contributed by atoms with Crippen LogP contribution in [0.15, 0.2) is 36.5 Å². The molecule has 18 heavy (non-hydrogen) atoms. The SMILES string of the molecule is COC(=O)c1ccnc(Nc2ccc(C)cc2)n1. The molecule has 92 valence electrons. The van der Waals surface area contributed by atoms with Gasteiger partial charge in [-0.15, -0.1) is 0 Å². The number of hydrogen-bond donors (Lipinski definition) is 1. The van der Waals surface area contributed by atoms with Crippen LogP contribution in [0.25, 0.3) is 0 Å². The summed E-state index contributed by atoms with van der Waals surface area (Å²) in [7, 11) is 1.32. The molecule has 0 aliphatic heterocycles. The average molecular weight is 243 g/mol. The van der Waals surface area contributed by atoms with E-state index in [9.17, 15) is 4.79 Å². The highest BCUT2D eigenvalue weighted by atomic mass is 16.5. The van der Waals surface area contributed by atoms with E-state index in [-0.39, 0.29) is 5.69 Å². The van der Waals surface area contributed by atoms with E-state index in [1.54, 1.807) is 0 Å². The molecule has 2 rings (SSSR count). The van der Waals surface area contributed by atoms with Gasteiger partial charge in [-0.05, 0) is 25.1 Å². The molecule has 0 bridgehead atoms.